The predicted molar refractivity (Wildman–Crippen MR) is 81.7 cm³/mol. The van der Waals surface area contributed by atoms with Crippen molar-refractivity contribution in [3.05, 3.63) is 29.8 Å². The zero-order valence-corrected chi connectivity index (χ0v) is 13.7. The SMILES string of the molecule is CS(=O)(=O)CCCNCC(O)c1ccc(S(C)(=O)=O)cc1. The number of aliphatic hydroxyl groups is 1. The van der Waals surface area contributed by atoms with Crippen LogP contribution in [0.1, 0.15) is 18.1 Å². The fourth-order valence-electron chi connectivity index (χ4n) is 1.75. The van der Waals surface area contributed by atoms with Crippen LogP contribution in [0, 0.1) is 0 Å². The first-order chi connectivity index (χ1) is 9.59. The van der Waals surface area contributed by atoms with Gasteiger partial charge in [0.15, 0.2) is 9.84 Å². The Labute approximate surface area is 126 Å². The lowest BCUT2D eigenvalue weighted by molar-refractivity contribution is 0.175. The molecule has 120 valence electrons. The summed E-state index contributed by atoms with van der Waals surface area (Å²) in [7, 11) is -6.19. The summed E-state index contributed by atoms with van der Waals surface area (Å²) in [5.74, 6) is 0.110. The predicted octanol–water partition coefficient (Wildman–Crippen LogP) is 0.148. The molecule has 0 aliphatic heterocycles. The Morgan fingerprint density at radius 3 is 2.14 bits per heavy atom. The largest absolute Gasteiger partial charge is 0.387 e. The van der Waals surface area contributed by atoms with Crippen LogP contribution in [0.2, 0.25) is 0 Å². The Morgan fingerprint density at radius 2 is 1.67 bits per heavy atom. The maximum absolute atomic E-state index is 11.3. The standard InChI is InChI=1S/C13H21NO5S2/c1-20(16,17)9-3-8-14-10-13(15)11-4-6-12(7-5-11)21(2,18)19/h4-7,13-15H,3,8-10H2,1-2H3. The molecule has 0 spiro atoms. The minimum Gasteiger partial charge on any atom is -0.387 e. The molecular formula is C13H21NO5S2. The Hall–Kier alpha value is -0.960. The van der Waals surface area contributed by atoms with E-state index in [1.54, 1.807) is 12.1 Å². The van der Waals surface area contributed by atoms with Crippen LogP contribution in [0.3, 0.4) is 0 Å². The van der Waals surface area contributed by atoms with Crippen LogP contribution in [0.25, 0.3) is 0 Å². The van der Waals surface area contributed by atoms with E-state index in [1.807, 2.05) is 0 Å². The molecule has 0 aliphatic rings. The van der Waals surface area contributed by atoms with Crippen molar-refractivity contribution in [3.8, 4) is 0 Å². The summed E-state index contributed by atoms with van der Waals surface area (Å²) in [4.78, 5) is 0.208. The van der Waals surface area contributed by atoms with Crippen molar-refractivity contribution in [3.63, 3.8) is 0 Å². The van der Waals surface area contributed by atoms with Crippen LogP contribution in [-0.4, -0.2) is 53.3 Å². The molecule has 0 bridgehead atoms. The Kier molecular flexibility index (Phi) is 6.33. The van der Waals surface area contributed by atoms with E-state index < -0.39 is 25.8 Å². The van der Waals surface area contributed by atoms with Crippen LogP contribution < -0.4 is 5.32 Å². The van der Waals surface area contributed by atoms with Crippen LogP contribution >= 0.6 is 0 Å². The lowest BCUT2D eigenvalue weighted by Gasteiger charge is -2.12. The van der Waals surface area contributed by atoms with Gasteiger partial charge in [0.2, 0.25) is 0 Å². The second-order valence-electron chi connectivity index (χ2n) is 5.04. The minimum atomic E-state index is -3.24. The summed E-state index contributed by atoms with van der Waals surface area (Å²) in [5, 5.41) is 12.9. The van der Waals surface area contributed by atoms with Gasteiger partial charge in [-0.3, -0.25) is 0 Å². The van der Waals surface area contributed by atoms with E-state index in [4.69, 9.17) is 0 Å². The maximum Gasteiger partial charge on any atom is 0.175 e. The average molecular weight is 335 g/mol. The van der Waals surface area contributed by atoms with Gasteiger partial charge in [0.1, 0.15) is 9.84 Å². The lowest BCUT2D eigenvalue weighted by atomic mass is 10.1. The van der Waals surface area contributed by atoms with Crippen LogP contribution in [-0.2, 0) is 19.7 Å². The molecule has 1 aromatic rings. The van der Waals surface area contributed by atoms with Crippen molar-refractivity contribution >= 4 is 19.7 Å². The second-order valence-corrected chi connectivity index (χ2v) is 9.32. The van der Waals surface area contributed by atoms with Gasteiger partial charge in [0, 0.05) is 19.1 Å². The summed E-state index contributed by atoms with van der Waals surface area (Å²) >= 11 is 0. The number of hydrogen-bond donors (Lipinski definition) is 2. The average Bonchev–Trinajstić information content (AvgIpc) is 2.36. The molecule has 0 aromatic heterocycles. The van der Waals surface area contributed by atoms with Crippen LogP contribution in [0.5, 0.6) is 0 Å². The molecule has 2 N–H and O–H groups in total. The van der Waals surface area contributed by atoms with E-state index >= 15 is 0 Å². The molecule has 1 unspecified atom stereocenters. The number of benzene rings is 1. The van der Waals surface area contributed by atoms with Crippen molar-refractivity contribution in [2.45, 2.75) is 17.4 Å². The van der Waals surface area contributed by atoms with E-state index in [0.717, 1.165) is 6.26 Å². The van der Waals surface area contributed by atoms with Gasteiger partial charge in [-0.25, -0.2) is 16.8 Å². The highest BCUT2D eigenvalue weighted by molar-refractivity contribution is 7.90. The van der Waals surface area contributed by atoms with Crippen molar-refractivity contribution in [2.24, 2.45) is 0 Å². The maximum atomic E-state index is 11.3. The quantitative estimate of drug-likeness (QED) is 0.656. The highest BCUT2D eigenvalue weighted by Gasteiger charge is 2.10. The molecule has 0 saturated carbocycles. The molecule has 1 aromatic carbocycles. The summed E-state index contributed by atoms with van der Waals surface area (Å²) in [6.45, 7) is 0.771. The zero-order chi connectivity index (χ0) is 16.1. The lowest BCUT2D eigenvalue weighted by Crippen LogP contribution is -2.24. The molecular weight excluding hydrogens is 314 g/mol. The number of rotatable bonds is 8. The molecule has 8 heteroatoms. The molecule has 0 amide bonds. The van der Waals surface area contributed by atoms with E-state index in [1.165, 1.54) is 18.4 Å². The van der Waals surface area contributed by atoms with Gasteiger partial charge < -0.3 is 10.4 Å². The molecule has 0 fully saturated rings. The highest BCUT2D eigenvalue weighted by Crippen LogP contribution is 2.15. The highest BCUT2D eigenvalue weighted by atomic mass is 32.2. The first-order valence-electron chi connectivity index (χ1n) is 6.46. The van der Waals surface area contributed by atoms with E-state index in [9.17, 15) is 21.9 Å². The minimum absolute atomic E-state index is 0.110. The van der Waals surface area contributed by atoms with Gasteiger partial charge in [-0.15, -0.1) is 0 Å². The molecule has 6 nitrogen and oxygen atoms in total. The molecule has 0 saturated heterocycles. The fourth-order valence-corrected chi connectivity index (χ4v) is 3.05. The summed E-state index contributed by atoms with van der Waals surface area (Å²) in [6, 6.07) is 6.05. The van der Waals surface area contributed by atoms with E-state index in [0.29, 0.717) is 18.5 Å². The Morgan fingerprint density at radius 1 is 1.10 bits per heavy atom. The van der Waals surface area contributed by atoms with Crippen molar-refractivity contribution in [1.29, 1.82) is 0 Å². The third-order valence-corrected chi connectivity index (χ3v) is 5.06. The number of sulfone groups is 2. The van der Waals surface area contributed by atoms with Gasteiger partial charge in [-0.1, -0.05) is 12.1 Å². The molecule has 0 radical (unpaired) electrons. The molecule has 1 rings (SSSR count). The van der Waals surface area contributed by atoms with E-state index in [-0.39, 0.29) is 17.2 Å². The van der Waals surface area contributed by atoms with Gasteiger partial charge >= 0.3 is 0 Å². The topological polar surface area (TPSA) is 101 Å². The summed E-state index contributed by atoms with van der Waals surface area (Å²) in [6.07, 6.45) is 2.03. The van der Waals surface area contributed by atoms with Gasteiger partial charge in [-0.05, 0) is 30.7 Å². The van der Waals surface area contributed by atoms with Crippen molar-refractivity contribution in [2.75, 3.05) is 31.4 Å². The fraction of sp³-hybridized carbons (Fsp3) is 0.538. The molecule has 21 heavy (non-hydrogen) atoms. The third-order valence-electron chi connectivity index (χ3n) is 2.90. The van der Waals surface area contributed by atoms with Crippen LogP contribution in [0.15, 0.2) is 29.2 Å². The van der Waals surface area contributed by atoms with E-state index in [2.05, 4.69) is 5.32 Å². The molecule has 1 atom stereocenters. The Bertz CT molecular complexity index is 650. The number of aliphatic hydroxyl groups excluding tert-OH is 1. The van der Waals surface area contributed by atoms with Crippen molar-refractivity contribution in [1.82, 2.24) is 5.32 Å². The van der Waals surface area contributed by atoms with Crippen molar-refractivity contribution < 1.29 is 21.9 Å². The smallest absolute Gasteiger partial charge is 0.175 e. The second kappa shape index (κ2) is 7.35. The monoisotopic (exact) mass is 335 g/mol. The molecule has 0 aliphatic carbocycles. The third kappa shape index (κ3) is 7.03. The van der Waals surface area contributed by atoms with Gasteiger partial charge in [0.25, 0.3) is 0 Å². The van der Waals surface area contributed by atoms with Crippen LogP contribution in [0.4, 0.5) is 0 Å². The zero-order valence-electron chi connectivity index (χ0n) is 12.1. The number of nitrogens with one attached hydrogen (secondary N) is 1. The number of hydrogen-bond acceptors (Lipinski definition) is 6. The van der Waals surface area contributed by atoms with Gasteiger partial charge in [0.05, 0.1) is 16.8 Å². The summed E-state index contributed by atoms with van der Waals surface area (Å²) in [5.41, 5.74) is 0.609. The van der Waals surface area contributed by atoms with Gasteiger partial charge in [-0.2, -0.15) is 0 Å². The first-order valence-corrected chi connectivity index (χ1v) is 10.4. The summed E-state index contributed by atoms with van der Waals surface area (Å²) < 4.78 is 44.5. The molecule has 0 heterocycles. The normalized spacial score (nSPS) is 14.0. The first kappa shape index (κ1) is 18.1. The Balaban J connectivity index is 2.44.